The highest BCUT2D eigenvalue weighted by molar-refractivity contribution is 6.28. The number of anilines is 1. The van der Waals surface area contributed by atoms with Gasteiger partial charge < -0.3 is 10.6 Å². The van der Waals surface area contributed by atoms with E-state index in [4.69, 9.17) is 17.3 Å². The van der Waals surface area contributed by atoms with Crippen molar-refractivity contribution in [3.05, 3.63) is 17.0 Å². The Morgan fingerprint density at radius 1 is 1.56 bits per heavy atom. The number of primary amides is 1. The Bertz CT molecular complexity index is 444. The van der Waals surface area contributed by atoms with E-state index in [1.54, 1.807) is 6.20 Å². The summed E-state index contributed by atoms with van der Waals surface area (Å²) in [4.78, 5) is 21.3. The fraction of sp³-hybridized carbons (Fsp3) is 0.583. The van der Waals surface area contributed by atoms with Crippen LogP contribution in [0.2, 0.25) is 5.28 Å². The van der Waals surface area contributed by atoms with Crippen molar-refractivity contribution in [2.45, 2.75) is 26.2 Å². The lowest BCUT2D eigenvalue weighted by Crippen LogP contribution is -2.36. The van der Waals surface area contributed by atoms with E-state index >= 15 is 0 Å². The molecule has 0 aromatic carbocycles. The van der Waals surface area contributed by atoms with Crippen LogP contribution in [-0.4, -0.2) is 29.0 Å². The number of carbonyl (C=O) groups is 1. The Hall–Kier alpha value is -1.36. The number of carbonyl (C=O) groups excluding carboxylic acids is 1. The summed E-state index contributed by atoms with van der Waals surface area (Å²) in [7, 11) is 0. The van der Waals surface area contributed by atoms with Crippen LogP contribution in [0.15, 0.2) is 6.20 Å². The summed E-state index contributed by atoms with van der Waals surface area (Å²) in [5.74, 6) is 1.08. The molecule has 1 fully saturated rings. The number of rotatable bonds is 3. The number of amides is 1. The van der Waals surface area contributed by atoms with E-state index in [0.29, 0.717) is 12.3 Å². The van der Waals surface area contributed by atoms with Crippen molar-refractivity contribution in [3.63, 3.8) is 0 Å². The molecule has 5 nitrogen and oxygen atoms in total. The molecule has 1 amide bonds. The largest absolute Gasteiger partial charge is 0.370 e. The first kappa shape index (κ1) is 13.1. The van der Waals surface area contributed by atoms with Gasteiger partial charge in [-0.2, -0.15) is 0 Å². The minimum absolute atomic E-state index is 0.213. The topological polar surface area (TPSA) is 72.1 Å². The van der Waals surface area contributed by atoms with E-state index < -0.39 is 0 Å². The van der Waals surface area contributed by atoms with E-state index in [1.807, 2.05) is 6.92 Å². The van der Waals surface area contributed by atoms with Crippen LogP contribution in [0.5, 0.6) is 0 Å². The van der Waals surface area contributed by atoms with Crippen LogP contribution in [-0.2, 0) is 4.79 Å². The van der Waals surface area contributed by atoms with E-state index in [9.17, 15) is 4.79 Å². The van der Waals surface area contributed by atoms with Crippen molar-refractivity contribution in [2.75, 3.05) is 18.0 Å². The standard InChI is InChI=1S/C12H17ClN4O/c1-8-7-15-12(13)16-11(8)17-4-2-9(3-5-17)6-10(14)18/h7,9H,2-6H2,1H3,(H2,14,18). The van der Waals surface area contributed by atoms with E-state index in [1.165, 1.54) is 0 Å². The summed E-state index contributed by atoms with van der Waals surface area (Å²) in [6.45, 7) is 3.74. The van der Waals surface area contributed by atoms with Gasteiger partial charge in [-0.25, -0.2) is 9.97 Å². The third-order valence-corrected chi connectivity index (χ3v) is 3.50. The number of piperidine rings is 1. The van der Waals surface area contributed by atoms with Crippen molar-refractivity contribution in [1.82, 2.24) is 9.97 Å². The SMILES string of the molecule is Cc1cnc(Cl)nc1N1CCC(CC(N)=O)CC1. The molecule has 1 saturated heterocycles. The number of nitrogens with zero attached hydrogens (tertiary/aromatic N) is 3. The Morgan fingerprint density at radius 2 is 2.22 bits per heavy atom. The molecule has 1 aliphatic rings. The predicted molar refractivity (Wildman–Crippen MR) is 70.5 cm³/mol. The second-order valence-corrected chi connectivity index (χ2v) is 5.08. The van der Waals surface area contributed by atoms with E-state index in [-0.39, 0.29) is 11.2 Å². The van der Waals surface area contributed by atoms with Gasteiger partial charge in [0.15, 0.2) is 0 Å². The number of aryl methyl sites for hydroxylation is 1. The monoisotopic (exact) mass is 268 g/mol. The van der Waals surface area contributed by atoms with Crippen molar-refractivity contribution >= 4 is 23.3 Å². The molecular formula is C12H17ClN4O. The fourth-order valence-electron chi connectivity index (χ4n) is 2.37. The fourth-order valence-corrected chi connectivity index (χ4v) is 2.49. The number of halogens is 1. The zero-order chi connectivity index (χ0) is 13.1. The number of nitrogens with two attached hydrogens (primary N) is 1. The summed E-state index contributed by atoms with van der Waals surface area (Å²) in [5, 5.41) is 0.273. The van der Waals surface area contributed by atoms with Gasteiger partial charge in [-0.15, -0.1) is 0 Å². The van der Waals surface area contributed by atoms with E-state index in [2.05, 4.69) is 14.9 Å². The van der Waals surface area contributed by atoms with Gasteiger partial charge in [0, 0.05) is 31.3 Å². The molecule has 0 radical (unpaired) electrons. The minimum atomic E-state index is -0.213. The maximum absolute atomic E-state index is 10.9. The highest BCUT2D eigenvalue weighted by atomic mass is 35.5. The summed E-state index contributed by atoms with van der Waals surface area (Å²) in [5.41, 5.74) is 6.24. The molecule has 0 aliphatic carbocycles. The molecule has 1 aromatic rings. The van der Waals surface area contributed by atoms with Crippen LogP contribution < -0.4 is 10.6 Å². The molecule has 0 unspecified atom stereocenters. The molecule has 1 aromatic heterocycles. The molecule has 1 aliphatic heterocycles. The van der Waals surface area contributed by atoms with Crippen LogP contribution in [0, 0.1) is 12.8 Å². The first-order valence-corrected chi connectivity index (χ1v) is 6.46. The molecule has 2 rings (SSSR count). The normalized spacial score (nSPS) is 16.9. The summed E-state index contributed by atoms with van der Waals surface area (Å²) < 4.78 is 0. The van der Waals surface area contributed by atoms with Gasteiger partial charge in [0.05, 0.1) is 0 Å². The van der Waals surface area contributed by atoms with Crippen molar-refractivity contribution in [3.8, 4) is 0 Å². The highest BCUT2D eigenvalue weighted by Gasteiger charge is 2.22. The first-order chi connectivity index (χ1) is 8.56. The molecule has 0 spiro atoms. The smallest absolute Gasteiger partial charge is 0.224 e. The molecule has 2 N–H and O–H groups in total. The van der Waals surface area contributed by atoms with Crippen LogP contribution in [0.4, 0.5) is 5.82 Å². The van der Waals surface area contributed by atoms with Crippen molar-refractivity contribution in [2.24, 2.45) is 11.7 Å². The van der Waals surface area contributed by atoms with Crippen molar-refractivity contribution < 1.29 is 4.79 Å². The second-order valence-electron chi connectivity index (χ2n) is 4.75. The third kappa shape index (κ3) is 3.10. The summed E-state index contributed by atoms with van der Waals surface area (Å²) >= 11 is 5.82. The van der Waals surface area contributed by atoms with Crippen LogP contribution in [0.3, 0.4) is 0 Å². The Labute approximate surface area is 111 Å². The van der Waals surface area contributed by atoms with Gasteiger partial charge in [0.25, 0.3) is 0 Å². The average molecular weight is 269 g/mol. The molecule has 18 heavy (non-hydrogen) atoms. The van der Waals surface area contributed by atoms with Gasteiger partial charge in [0.1, 0.15) is 5.82 Å². The molecule has 0 saturated carbocycles. The maximum atomic E-state index is 10.9. The van der Waals surface area contributed by atoms with Gasteiger partial charge in [-0.1, -0.05) is 0 Å². The lowest BCUT2D eigenvalue weighted by Gasteiger charge is -2.33. The predicted octanol–water partition coefficient (Wildman–Crippen LogP) is 1.53. The van der Waals surface area contributed by atoms with Crippen LogP contribution in [0.25, 0.3) is 0 Å². The molecular weight excluding hydrogens is 252 g/mol. The van der Waals surface area contributed by atoms with Gasteiger partial charge in [0.2, 0.25) is 11.2 Å². The molecule has 6 heteroatoms. The Kier molecular flexibility index (Phi) is 4.01. The molecule has 0 bridgehead atoms. The van der Waals surface area contributed by atoms with Crippen LogP contribution >= 0.6 is 11.6 Å². The van der Waals surface area contributed by atoms with Gasteiger partial charge in [-0.3, -0.25) is 4.79 Å². The quantitative estimate of drug-likeness (QED) is 0.844. The Morgan fingerprint density at radius 3 is 2.83 bits per heavy atom. The van der Waals surface area contributed by atoms with Crippen molar-refractivity contribution in [1.29, 1.82) is 0 Å². The lowest BCUT2D eigenvalue weighted by molar-refractivity contribution is -0.119. The zero-order valence-corrected chi connectivity index (χ0v) is 11.2. The van der Waals surface area contributed by atoms with Crippen LogP contribution in [0.1, 0.15) is 24.8 Å². The minimum Gasteiger partial charge on any atom is -0.370 e. The highest BCUT2D eigenvalue weighted by Crippen LogP contribution is 2.26. The summed E-state index contributed by atoms with van der Waals surface area (Å²) in [6, 6.07) is 0. The number of hydrogen-bond acceptors (Lipinski definition) is 4. The average Bonchev–Trinajstić information content (AvgIpc) is 2.33. The summed E-state index contributed by atoms with van der Waals surface area (Å²) in [6.07, 6.45) is 4.14. The maximum Gasteiger partial charge on any atom is 0.224 e. The molecule has 98 valence electrons. The number of aromatic nitrogens is 2. The first-order valence-electron chi connectivity index (χ1n) is 6.08. The Balaban J connectivity index is 2.01. The third-order valence-electron chi connectivity index (χ3n) is 3.32. The molecule has 2 heterocycles. The van der Waals surface area contributed by atoms with E-state index in [0.717, 1.165) is 37.3 Å². The molecule has 0 atom stereocenters. The zero-order valence-electron chi connectivity index (χ0n) is 10.4. The number of hydrogen-bond donors (Lipinski definition) is 1. The van der Waals surface area contributed by atoms with Gasteiger partial charge in [-0.05, 0) is 37.3 Å². The lowest BCUT2D eigenvalue weighted by atomic mass is 9.93. The van der Waals surface area contributed by atoms with Gasteiger partial charge >= 0.3 is 0 Å². The second kappa shape index (κ2) is 5.52.